The fourth-order valence-corrected chi connectivity index (χ4v) is 3.92. The van der Waals surface area contributed by atoms with E-state index in [0.717, 1.165) is 21.5 Å². The Morgan fingerprint density at radius 2 is 1.65 bits per heavy atom. The van der Waals surface area contributed by atoms with Crippen molar-refractivity contribution in [3.8, 4) is 0 Å². The average molecular weight is 334 g/mol. The highest BCUT2D eigenvalue weighted by Crippen LogP contribution is 2.29. The van der Waals surface area contributed by atoms with Crippen LogP contribution in [0.2, 0.25) is 0 Å². The number of non-ortho nitro benzene ring substituents is 1. The minimum atomic E-state index is -3.89. The highest BCUT2D eigenvalue weighted by molar-refractivity contribution is 7.92. The Balaban J connectivity index is 2.57. The maximum atomic E-state index is 12.9. The summed E-state index contributed by atoms with van der Waals surface area (Å²) in [6.07, 6.45) is 0. The summed E-state index contributed by atoms with van der Waals surface area (Å²) in [6, 6.07) is 9.29. The molecule has 0 aromatic heterocycles. The van der Waals surface area contributed by atoms with Gasteiger partial charge < -0.3 is 0 Å². The van der Waals surface area contributed by atoms with Gasteiger partial charge in [-0.3, -0.25) is 14.4 Å². The number of benzene rings is 2. The summed E-state index contributed by atoms with van der Waals surface area (Å²) in [5, 5.41) is 10.9. The van der Waals surface area contributed by atoms with Crippen molar-refractivity contribution in [1.29, 1.82) is 0 Å². The van der Waals surface area contributed by atoms with Crippen molar-refractivity contribution in [3.05, 3.63) is 63.2 Å². The number of aryl methyl sites for hydroxylation is 3. The van der Waals surface area contributed by atoms with Crippen LogP contribution in [0.5, 0.6) is 0 Å². The zero-order valence-corrected chi connectivity index (χ0v) is 14.2. The van der Waals surface area contributed by atoms with Crippen molar-refractivity contribution in [2.45, 2.75) is 25.7 Å². The third kappa shape index (κ3) is 3.19. The Hall–Kier alpha value is -2.41. The van der Waals surface area contributed by atoms with E-state index < -0.39 is 14.9 Å². The molecule has 0 saturated heterocycles. The Labute approximate surface area is 135 Å². The molecule has 0 aliphatic heterocycles. The van der Waals surface area contributed by atoms with E-state index in [2.05, 4.69) is 0 Å². The van der Waals surface area contributed by atoms with Crippen molar-refractivity contribution < 1.29 is 13.3 Å². The molecule has 2 rings (SSSR count). The summed E-state index contributed by atoms with van der Waals surface area (Å²) in [7, 11) is -2.44. The molecule has 0 aliphatic carbocycles. The first-order valence-electron chi connectivity index (χ1n) is 6.96. The largest absolute Gasteiger partial charge is 0.270 e. The first-order chi connectivity index (χ1) is 10.6. The number of hydrogen-bond donors (Lipinski definition) is 0. The molecule has 2 aromatic rings. The molecule has 0 spiro atoms. The molecule has 0 atom stereocenters. The topological polar surface area (TPSA) is 80.5 Å². The second kappa shape index (κ2) is 6.00. The first-order valence-corrected chi connectivity index (χ1v) is 8.40. The van der Waals surface area contributed by atoms with E-state index in [1.54, 1.807) is 13.0 Å². The minimum Gasteiger partial charge on any atom is -0.269 e. The van der Waals surface area contributed by atoms with E-state index in [-0.39, 0.29) is 10.6 Å². The molecule has 0 bridgehead atoms. The molecule has 0 saturated carbocycles. The van der Waals surface area contributed by atoms with Crippen LogP contribution in [0.4, 0.5) is 11.4 Å². The molecule has 2 aromatic carbocycles. The van der Waals surface area contributed by atoms with Crippen LogP contribution < -0.4 is 4.31 Å². The van der Waals surface area contributed by atoms with E-state index >= 15 is 0 Å². The van der Waals surface area contributed by atoms with Crippen LogP contribution in [-0.2, 0) is 10.0 Å². The summed E-state index contributed by atoms with van der Waals surface area (Å²) in [6.45, 7) is 5.37. The lowest BCUT2D eigenvalue weighted by molar-refractivity contribution is -0.385. The summed E-state index contributed by atoms with van der Waals surface area (Å²) >= 11 is 0. The van der Waals surface area contributed by atoms with Crippen LogP contribution in [0.25, 0.3) is 0 Å². The number of anilines is 1. The van der Waals surface area contributed by atoms with E-state index in [9.17, 15) is 18.5 Å². The van der Waals surface area contributed by atoms with Gasteiger partial charge in [0.15, 0.2) is 0 Å². The standard InChI is InChI=1S/C16H18N2O4S/c1-11-5-8-15(13(3)9-11)17(4)23(21,22)16-10-14(18(19)20)7-6-12(16)2/h5-10H,1-4H3. The lowest BCUT2D eigenvalue weighted by Crippen LogP contribution is -2.28. The number of nitro groups is 1. The van der Waals surface area contributed by atoms with Gasteiger partial charge in [0.2, 0.25) is 0 Å². The molecule has 23 heavy (non-hydrogen) atoms. The van der Waals surface area contributed by atoms with Crippen molar-refractivity contribution in [2.24, 2.45) is 0 Å². The van der Waals surface area contributed by atoms with Crippen molar-refractivity contribution in [3.63, 3.8) is 0 Å². The zero-order valence-electron chi connectivity index (χ0n) is 13.4. The predicted octanol–water partition coefficient (Wildman–Crippen LogP) is 3.35. The molecule has 122 valence electrons. The molecule has 0 heterocycles. The second-order valence-electron chi connectivity index (χ2n) is 5.47. The SMILES string of the molecule is Cc1ccc(N(C)S(=O)(=O)c2cc([N+](=O)[O-])ccc2C)c(C)c1. The van der Waals surface area contributed by atoms with Gasteiger partial charge in [0.25, 0.3) is 15.7 Å². The van der Waals surface area contributed by atoms with Gasteiger partial charge in [-0.2, -0.15) is 0 Å². The number of nitro benzene ring substituents is 1. The van der Waals surface area contributed by atoms with Crippen molar-refractivity contribution in [2.75, 3.05) is 11.4 Å². The fourth-order valence-electron chi connectivity index (χ4n) is 2.42. The van der Waals surface area contributed by atoms with Gasteiger partial charge in [0.05, 0.1) is 15.5 Å². The predicted molar refractivity (Wildman–Crippen MR) is 89.3 cm³/mol. The van der Waals surface area contributed by atoms with Crippen molar-refractivity contribution >= 4 is 21.4 Å². The maximum Gasteiger partial charge on any atom is 0.270 e. The van der Waals surface area contributed by atoms with E-state index in [1.807, 2.05) is 26.0 Å². The summed E-state index contributed by atoms with van der Waals surface area (Å²) in [4.78, 5) is 10.3. The van der Waals surface area contributed by atoms with Gasteiger partial charge in [-0.15, -0.1) is 0 Å². The minimum absolute atomic E-state index is 0.0609. The van der Waals surface area contributed by atoms with Gasteiger partial charge in [-0.1, -0.05) is 23.8 Å². The van der Waals surface area contributed by atoms with Crippen LogP contribution in [0.15, 0.2) is 41.3 Å². The van der Waals surface area contributed by atoms with Crippen LogP contribution >= 0.6 is 0 Å². The van der Waals surface area contributed by atoms with E-state index in [1.165, 1.54) is 19.2 Å². The average Bonchev–Trinajstić information content (AvgIpc) is 2.46. The molecular weight excluding hydrogens is 316 g/mol. The van der Waals surface area contributed by atoms with Crippen LogP contribution in [0, 0.1) is 30.9 Å². The van der Waals surface area contributed by atoms with Crippen LogP contribution in [0.1, 0.15) is 16.7 Å². The number of sulfonamides is 1. The summed E-state index contributed by atoms with van der Waals surface area (Å²) in [5.41, 5.74) is 2.61. The van der Waals surface area contributed by atoms with E-state index in [0.29, 0.717) is 11.3 Å². The van der Waals surface area contributed by atoms with Gasteiger partial charge in [-0.25, -0.2) is 8.42 Å². The number of rotatable bonds is 4. The van der Waals surface area contributed by atoms with Gasteiger partial charge in [0, 0.05) is 19.2 Å². The monoisotopic (exact) mass is 334 g/mol. The summed E-state index contributed by atoms with van der Waals surface area (Å²) in [5.74, 6) is 0. The fraction of sp³-hybridized carbons (Fsp3) is 0.250. The van der Waals surface area contributed by atoms with Gasteiger partial charge in [0.1, 0.15) is 0 Å². The Morgan fingerprint density at radius 1 is 1.00 bits per heavy atom. The molecule has 6 nitrogen and oxygen atoms in total. The second-order valence-corrected chi connectivity index (χ2v) is 7.41. The lowest BCUT2D eigenvalue weighted by atomic mass is 10.1. The lowest BCUT2D eigenvalue weighted by Gasteiger charge is -2.22. The Morgan fingerprint density at radius 3 is 2.22 bits per heavy atom. The number of hydrogen-bond acceptors (Lipinski definition) is 4. The van der Waals surface area contributed by atoms with E-state index in [4.69, 9.17) is 0 Å². The number of nitrogens with zero attached hydrogens (tertiary/aromatic N) is 2. The normalized spacial score (nSPS) is 11.3. The first kappa shape index (κ1) is 17.0. The van der Waals surface area contributed by atoms with Gasteiger partial charge >= 0.3 is 0 Å². The smallest absolute Gasteiger partial charge is 0.269 e. The molecule has 7 heteroatoms. The molecule has 0 amide bonds. The molecule has 0 fully saturated rings. The third-order valence-corrected chi connectivity index (χ3v) is 5.63. The Bertz CT molecular complexity index is 876. The van der Waals surface area contributed by atoms with Crippen LogP contribution in [-0.4, -0.2) is 20.4 Å². The van der Waals surface area contributed by atoms with Crippen LogP contribution in [0.3, 0.4) is 0 Å². The Kier molecular flexibility index (Phi) is 4.42. The quantitative estimate of drug-likeness (QED) is 0.634. The molecule has 0 unspecified atom stereocenters. The highest BCUT2D eigenvalue weighted by atomic mass is 32.2. The maximum absolute atomic E-state index is 12.9. The summed E-state index contributed by atoms with van der Waals surface area (Å²) < 4.78 is 26.9. The van der Waals surface area contributed by atoms with Gasteiger partial charge in [-0.05, 0) is 38.0 Å². The molecule has 0 N–H and O–H groups in total. The molecule has 0 radical (unpaired) electrons. The molecular formula is C16H18N2O4S. The van der Waals surface area contributed by atoms with Crippen molar-refractivity contribution in [1.82, 2.24) is 0 Å². The highest BCUT2D eigenvalue weighted by Gasteiger charge is 2.26. The molecule has 0 aliphatic rings. The third-order valence-electron chi connectivity index (χ3n) is 3.71. The zero-order chi connectivity index (χ0) is 17.4.